The van der Waals surface area contributed by atoms with Crippen molar-refractivity contribution in [2.24, 2.45) is 0 Å². The molecule has 3 saturated carbocycles. The van der Waals surface area contributed by atoms with E-state index in [0.29, 0.717) is 11.6 Å². The van der Waals surface area contributed by atoms with Gasteiger partial charge in [0.05, 0.1) is 7.11 Å². The molecule has 0 bridgehead atoms. The number of carbonyl (C=O) groups excluding carboxylic acids is 1. The van der Waals surface area contributed by atoms with Crippen LogP contribution in [-0.2, 0) is 10.0 Å². The highest BCUT2D eigenvalue weighted by atomic mass is 32.2. The first-order valence-electron chi connectivity index (χ1n) is 11.0. The molecule has 160 valence electrons. The molecular formula is C22H32N2O4S. The minimum Gasteiger partial charge on any atom is -0.495 e. The predicted molar refractivity (Wildman–Crippen MR) is 112 cm³/mol. The Hall–Kier alpha value is -1.60. The van der Waals surface area contributed by atoms with Crippen LogP contribution in [-0.4, -0.2) is 44.5 Å². The summed E-state index contributed by atoms with van der Waals surface area (Å²) in [6.07, 6.45) is 11.6. The molecule has 3 aliphatic rings. The third kappa shape index (κ3) is 4.61. The Labute approximate surface area is 174 Å². The maximum absolute atomic E-state index is 13.4. The molecule has 0 aliphatic heterocycles. The van der Waals surface area contributed by atoms with Crippen molar-refractivity contribution in [2.75, 3.05) is 7.11 Å². The Kier molecular flexibility index (Phi) is 6.16. The largest absolute Gasteiger partial charge is 0.495 e. The van der Waals surface area contributed by atoms with E-state index in [0.717, 1.165) is 64.2 Å². The molecule has 0 atom stereocenters. The van der Waals surface area contributed by atoms with Gasteiger partial charge < -0.3 is 9.64 Å². The van der Waals surface area contributed by atoms with Crippen molar-refractivity contribution in [2.45, 2.75) is 93.7 Å². The number of methoxy groups -OCH3 is 1. The third-order valence-electron chi connectivity index (χ3n) is 6.52. The van der Waals surface area contributed by atoms with Gasteiger partial charge in [0.25, 0.3) is 5.91 Å². The molecule has 0 saturated heterocycles. The highest BCUT2D eigenvalue weighted by Crippen LogP contribution is 2.36. The Morgan fingerprint density at radius 2 is 1.59 bits per heavy atom. The average molecular weight is 421 g/mol. The van der Waals surface area contributed by atoms with E-state index in [1.165, 1.54) is 19.6 Å². The molecule has 0 unspecified atom stereocenters. The number of amides is 1. The van der Waals surface area contributed by atoms with Crippen molar-refractivity contribution in [1.29, 1.82) is 0 Å². The van der Waals surface area contributed by atoms with Crippen LogP contribution in [0.2, 0.25) is 0 Å². The van der Waals surface area contributed by atoms with Crippen molar-refractivity contribution >= 4 is 15.9 Å². The smallest absolute Gasteiger partial charge is 0.254 e. The first-order chi connectivity index (χ1) is 14.0. The number of hydrogen-bond donors (Lipinski definition) is 1. The SMILES string of the molecule is COc1ccc(C(=O)N(C2CCCCC2)C2CC2)cc1S(=O)(=O)NC1CCCC1. The minimum absolute atomic E-state index is 0.0331. The van der Waals surface area contributed by atoms with Gasteiger partial charge in [0.1, 0.15) is 10.6 Å². The van der Waals surface area contributed by atoms with Gasteiger partial charge in [-0.3, -0.25) is 4.79 Å². The first-order valence-corrected chi connectivity index (χ1v) is 12.5. The summed E-state index contributed by atoms with van der Waals surface area (Å²) >= 11 is 0. The normalized spacial score (nSPS) is 21.3. The molecule has 3 fully saturated rings. The Balaban J connectivity index is 1.61. The standard InChI is InChI=1S/C22H32N2O4S/c1-28-20-14-11-16(15-21(20)29(26,27)23-17-7-5-6-8-17)22(25)24(19-12-13-19)18-9-3-2-4-10-18/h11,14-15,17-19,23H,2-10,12-13H2,1H3. The summed E-state index contributed by atoms with van der Waals surface area (Å²) in [5.41, 5.74) is 0.440. The minimum atomic E-state index is -3.74. The Bertz CT molecular complexity index is 838. The summed E-state index contributed by atoms with van der Waals surface area (Å²) in [7, 11) is -2.28. The topological polar surface area (TPSA) is 75.7 Å². The Morgan fingerprint density at radius 1 is 0.966 bits per heavy atom. The molecule has 0 spiro atoms. The van der Waals surface area contributed by atoms with E-state index >= 15 is 0 Å². The van der Waals surface area contributed by atoms with Crippen LogP contribution in [0, 0.1) is 0 Å². The lowest BCUT2D eigenvalue weighted by atomic mass is 9.93. The molecule has 1 amide bonds. The van der Waals surface area contributed by atoms with Gasteiger partial charge in [-0.1, -0.05) is 32.1 Å². The summed E-state index contributed by atoms with van der Waals surface area (Å²) in [4.78, 5) is 15.5. The zero-order chi connectivity index (χ0) is 20.4. The van der Waals surface area contributed by atoms with Gasteiger partial charge >= 0.3 is 0 Å². The molecule has 1 aromatic rings. The molecule has 3 aliphatic carbocycles. The molecule has 1 aromatic carbocycles. The van der Waals surface area contributed by atoms with Gasteiger partial charge in [0, 0.05) is 23.7 Å². The molecule has 7 heteroatoms. The molecule has 29 heavy (non-hydrogen) atoms. The zero-order valence-electron chi connectivity index (χ0n) is 17.2. The third-order valence-corrected chi connectivity index (χ3v) is 8.06. The first kappa shape index (κ1) is 20.7. The van der Waals surface area contributed by atoms with E-state index < -0.39 is 10.0 Å². The number of nitrogens with zero attached hydrogens (tertiary/aromatic N) is 1. The summed E-state index contributed by atoms with van der Waals surface area (Å²) in [5.74, 6) is 0.238. The number of nitrogens with one attached hydrogen (secondary N) is 1. The van der Waals surface area contributed by atoms with E-state index in [2.05, 4.69) is 4.72 Å². The summed E-state index contributed by atoms with van der Waals surface area (Å²) in [6.45, 7) is 0. The molecule has 4 rings (SSSR count). The second kappa shape index (κ2) is 8.64. The van der Waals surface area contributed by atoms with Crippen LogP contribution < -0.4 is 9.46 Å². The van der Waals surface area contributed by atoms with Gasteiger partial charge in [0.2, 0.25) is 10.0 Å². The number of ether oxygens (including phenoxy) is 1. The molecule has 0 aromatic heterocycles. The van der Waals surface area contributed by atoms with Crippen molar-refractivity contribution < 1.29 is 17.9 Å². The van der Waals surface area contributed by atoms with Crippen LogP contribution in [0.5, 0.6) is 5.75 Å². The maximum atomic E-state index is 13.4. The van der Waals surface area contributed by atoms with Crippen LogP contribution in [0.25, 0.3) is 0 Å². The number of rotatable bonds is 7. The highest BCUT2D eigenvalue weighted by molar-refractivity contribution is 7.89. The van der Waals surface area contributed by atoms with E-state index in [-0.39, 0.29) is 28.6 Å². The van der Waals surface area contributed by atoms with Gasteiger partial charge in [-0.25, -0.2) is 13.1 Å². The quantitative estimate of drug-likeness (QED) is 0.727. The number of carbonyl (C=O) groups is 1. The van der Waals surface area contributed by atoms with Gasteiger partial charge in [-0.2, -0.15) is 0 Å². The fourth-order valence-electron chi connectivity index (χ4n) is 4.84. The predicted octanol–water partition coefficient (Wildman–Crippen LogP) is 3.85. The maximum Gasteiger partial charge on any atom is 0.254 e. The van der Waals surface area contributed by atoms with Crippen LogP contribution >= 0.6 is 0 Å². The van der Waals surface area contributed by atoms with E-state index in [1.54, 1.807) is 12.1 Å². The van der Waals surface area contributed by atoms with Crippen LogP contribution in [0.3, 0.4) is 0 Å². The highest BCUT2D eigenvalue weighted by Gasteiger charge is 2.38. The summed E-state index contributed by atoms with van der Waals surface area (Å²) < 4.78 is 34.2. The second-order valence-electron chi connectivity index (χ2n) is 8.70. The molecule has 1 N–H and O–H groups in total. The van der Waals surface area contributed by atoms with Crippen LogP contribution in [0.15, 0.2) is 23.1 Å². The number of sulfonamides is 1. The van der Waals surface area contributed by atoms with E-state index in [4.69, 9.17) is 4.74 Å². The lowest BCUT2D eigenvalue weighted by Gasteiger charge is -2.35. The summed E-state index contributed by atoms with van der Waals surface area (Å²) in [5, 5.41) is 0. The van der Waals surface area contributed by atoms with Crippen molar-refractivity contribution in [3.05, 3.63) is 23.8 Å². The van der Waals surface area contributed by atoms with Gasteiger partial charge in [0.15, 0.2) is 0 Å². The summed E-state index contributed by atoms with van der Waals surface area (Å²) in [6, 6.07) is 5.38. The fraction of sp³-hybridized carbons (Fsp3) is 0.682. The van der Waals surface area contributed by atoms with Crippen LogP contribution in [0.4, 0.5) is 0 Å². The van der Waals surface area contributed by atoms with E-state index in [1.807, 2.05) is 4.90 Å². The van der Waals surface area contributed by atoms with Crippen molar-refractivity contribution in [3.8, 4) is 5.75 Å². The van der Waals surface area contributed by atoms with Crippen molar-refractivity contribution in [3.63, 3.8) is 0 Å². The second-order valence-corrected chi connectivity index (χ2v) is 10.4. The van der Waals surface area contributed by atoms with E-state index in [9.17, 15) is 13.2 Å². The monoisotopic (exact) mass is 420 g/mol. The lowest BCUT2D eigenvalue weighted by Crippen LogP contribution is -2.43. The zero-order valence-corrected chi connectivity index (χ0v) is 18.0. The molecule has 0 heterocycles. The lowest BCUT2D eigenvalue weighted by molar-refractivity contribution is 0.0613. The molecular weight excluding hydrogens is 388 g/mol. The van der Waals surface area contributed by atoms with Crippen molar-refractivity contribution in [1.82, 2.24) is 9.62 Å². The Morgan fingerprint density at radius 3 is 2.21 bits per heavy atom. The average Bonchev–Trinajstić information content (AvgIpc) is 3.43. The molecule has 6 nitrogen and oxygen atoms in total. The molecule has 0 radical (unpaired) electrons. The fourth-order valence-corrected chi connectivity index (χ4v) is 6.34. The van der Waals surface area contributed by atoms with Crippen LogP contribution in [0.1, 0.15) is 81.0 Å². The van der Waals surface area contributed by atoms with Gasteiger partial charge in [-0.15, -0.1) is 0 Å². The number of hydrogen-bond acceptors (Lipinski definition) is 4. The van der Waals surface area contributed by atoms with Gasteiger partial charge in [-0.05, 0) is 56.7 Å². The number of benzene rings is 1.